The molecule has 2 saturated heterocycles. The first kappa shape index (κ1) is 15.4. The van der Waals surface area contributed by atoms with Crippen LogP contribution in [0.15, 0.2) is 6.07 Å². The molecule has 3 amide bonds. The highest BCUT2D eigenvalue weighted by molar-refractivity contribution is 6.21. The molecule has 0 spiro atoms. The number of carbonyl (C=O) groups excluding carboxylic acids is 2. The molecule has 2 unspecified atom stereocenters. The Morgan fingerprint density at radius 2 is 2.13 bits per heavy atom. The molecule has 0 aliphatic carbocycles. The van der Waals surface area contributed by atoms with E-state index >= 15 is 0 Å². The van der Waals surface area contributed by atoms with Gasteiger partial charge in [-0.1, -0.05) is 0 Å². The van der Waals surface area contributed by atoms with Gasteiger partial charge in [0, 0.05) is 18.7 Å². The number of fused-ring (bicyclic) bond motifs is 1. The second-order valence-electron chi connectivity index (χ2n) is 6.38. The lowest BCUT2D eigenvalue weighted by molar-refractivity contribution is -0.122. The third-order valence-electron chi connectivity index (χ3n) is 4.49. The predicted molar refractivity (Wildman–Crippen MR) is 82.1 cm³/mol. The Kier molecular flexibility index (Phi) is 3.36. The Labute approximate surface area is 133 Å². The molecule has 6 nitrogen and oxygen atoms in total. The van der Waals surface area contributed by atoms with Gasteiger partial charge in [0.05, 0.1) is 6.57 Å². The second-order valence-corrected chi connectivity index (χ2v) is 6.38. The maximum Gasteiger partial charge on any atom is 0.333 e. The van der Waals surface area contributed by atoms with E-state index < -0.39 is 23.6 Å². The molecule has 0 radical (unpaired) electrons. The number of aryl methyl sites for hydroxylation is 2. The van der Waals surface area contributed by atoms with Gasteiger partial charge in [0.1, 0.15) is 17.5 Å². The number of nitrogens with zero attached hydrogens (tertiary/aromatic N) is 4. The number of urea groups is 1. The highest BCUT2D eigenvalue weighted by atomic mass is 19.1. The number of piperidine rings is 1. The van der Waals surface area contributed by atoms with Crippen molar-refractivity contribution in [2.24, 2.45) is 0 Å². The van der Waals surface area contributed by atoms with E-state index in [9.17, 15) is 14.0 Å². The summed E-state index contributed by atoms with van der Waals surface area (Å²) in [6.45, 7) is 12.1. The van der Waals surface area contributed by atoms with Crippen LogP contribution in [0.2, 0.25) is 0 Å². The molecule has 3 rings (SSSR count). The number of hydrogen-bond acceptors (Lipinski definition) is 3. The van der Waals surface area contributed by atoms with Crippen LogP contribution in [0.25, 0.3) is 4.85 Å². The summed E-state index contributed by atoms with van der Waals surface area (Å²) in [5, 5.41) is 0. The van der Waals surface area contributed by atoms with Crippen LogP contribution in [0, 0.1) is 20.4 Å². The lowest BCUT2D eigenvalue weighted by Crippen LogP contribution is -2.47. The maximum atomic E-state index is 14.2. The smallest absolute Gasteiger partial charge is 0.312 e. The zero-order valence-corrected chi connectivity index (χ0v) is 13.3. The number of halogens is 1. The van der Waals surface area contributed by atoms with Gasteiger partial charge in [-0.3, -0.25) is 4.79 Å². The fourth-order valence-electron chi connectivity index (χ4n) is 3.16. The average Bonchev–Trinajstić information content (AvgIpc) is 2.71. The summed E-state index contributed by atoms with van der Waals surface area (Å²) in [7, 11) is 0. The number of anilines is 1. The van der Waals surface area contributed by atoms with Gasteiger partial charge in [-0.2, -0.15) is 0 Å². The Morgan fingerprint density at radius 3 is 2.78 bits per heavy atom. The van der Waals surface area contributed by atoms with Crippen molar-refractivity contribution in [1.82, 2.24) is 9.88 Å². The van der Waals surface area contributed by atoms with Gasteiger partial charge < -0.3 is 4.90 Å². The van der Waals surface area contributed by atoms with Gasteiger partial charge in [-0.25, -0.2) is 23.9 Å². The van der Waals surface area contributed by atoms with Crippen LogP contribution in [0.4, 0.5) is 20.7 Å². The fraction of sp³-hybridized carbons (Fsp3) is 0.500. The van der Waals surface area contributed by atoms with Crippen molar-refractivity contribution in [3.63, 3.8) is 0 Å². The maximum absolute atomic E-state index is 14.2. The lowest BCUT2D eigenvalue weighted by Gasteiger charge is -2.34. The Balaban J connectivity index is 2.02. The Hall–Kier alpha value is -2.49. The van der Waals surface area contributed by atoms with Gasteiger partial charge in [-0.15, -0.1) is 0 Å². The monoisotopic (exact) mass is 316 g/mol. The van der Waals surface area contributed by atoms with E-state index in [0.29, 0.717) is 16.9 Å². The normalized spacial score (nSPS) is 27.2. The topological polar surface area (TPSA) is 57.9 Å². The first-order valence-electron chi connectivity index (χ1n) is 7.44. The van der Waals surface area contributed by atoms with E-state index in [1.165, 1.54) is 11.8 Å². The summed E-state index contributed by atoms with van der Waals surface area (Å²) in [5.41, 5.74) is -0.0219. The molecule has 23 heavy (non-hydrogen) atoms. The van der Waals surface area contributed by atoms with Crippen molar-refractivity contribution in [2.45, 2.75) is 45.3 Å². The third kappa shape index (κ3) is 2.34. The number of aromatic nitrogens is 1. The van der Waals surface area contributed by atoms with Gasteiger partial charge >= 0.3 is 6.03 Å². The molecule has 0 N–H and O–H groups in total. The van der Waals surface area contributed by atoms with Crippen LogP contribution in [-0.2, 0) is 4.79 Å². The number of pyridine rings is 1. The molecule has 7 heteroatoms. The van der Waals surface area contributed by atoms with E-state index in [0.717, 1.165) is 4.90 Å². The summed E-state index contributed by atoms with van der Waals surface area (Å²) in [6.07, 6.45) is 0.227. The van der Waals surface area contributed by atoms with E-state index in [4.69, 9.17) is 6.57 Å². The SMILES string of the molecule is [C-]#[N+]c1cc(C)c(N2C(=O)C3CC(C)(F)CCN3C2=O)nc1C. The molecule has 3 heterocycles. The quantitative estimate of drug-likeness (QED) is 0.591. The number of amides is 3. The molecular formula is C16H17FN4O2. The van der Waals surface area contributed by atoms with E-state index in [-0.39, 0.29) is 25.2 Å². The minimum atomic E-state index is -1.44. The molecule has 120 valence electrons. The molecule has 2 aliphatic rings. The van der Waals surface area contributed by atoms with Crippen LogP contribution in [0.5, 0.6) is 0 Å². The average molecular weight is 316 g/mol. The van der Waals surface area contributed by atoms with E-state index in [2.05, 4.69) is 9.83 Å². The number of rotatable bonds is 1. The van der Waals surface area contributed by atoms with E-state index in [1.54, 1.807) is 19.9 Å². The molecular weight excluding hydrogens is 299 g/mol. The molecule has 1 aromatic heterocycles. The van der Waals surface area contributed by atoms with Crippen molar-refractivity contribution in [3.8, 4) is 0 Å². The standard InChI is InChI=1S/C16H17FN4O2/c1-9-7-11(18-4)10(2)19-13(9)21-14(22)12-8-16(3,17)5-6-20(12)15(21)23/h7,12H,5-6,8H2,1-3H3. The van der Waals surface area contributed by atoms with Crippen LogP contribution in [-0.4, -0.2) is 40.1 Å². The van der Waals surface area contributed by atoms with Gasteiger partial charge in [-0.05, 0) is 38.8 Å². The van der Waals surface area contributed by atoms with Crippen LogP contribution >= 0.6 is 0 Å². The number of imide groups is 1. The van der Waals surface area contributed by atoms with Gasteiger partial charge in [0.25, 0.3) is 5.91 Å². The minimum Gasteiger partial charge on any atom is -0.312 e. The molecule has 0 saturated carbocycles. The van der Waals surface area contributed by atoms with Crippen LogP contribution < -0.4 is 4.90 Å². The molecule has 0 aromatic carbocycles. The summed E-state index contributed by atoms with van der Waals surface area (Å²) >= 11 is 0. The van der Waals surface area contributed by atoms with Gasteiger partial charge in [0.15, 0.2) is 0 Å². The largest absolute Gasteiger partial charge is 0.333 e. The lowest BCUT2D eigenvalue weighted by atomic mass is 9.90. The fourth-order valence-corrected chi connectivity index (χ4v) is 3.16. The Morgan fingerprint density at radius 1 is 1.43 bits per heavy atom. The molecule has 2 atom stereocenters. The van der Waals surface area contributed by atoms with Crippen LogP contribution in [0.3, 0.4) is 0 Å². The molecule has 2 fully saturated rings. The molecule has 1 aromatic rings. The zero-order valence-electron chi connectivity index (χ0n) is 13.3. The molecule has 0 bridgehead atoms. The number of carbonyl (C=O) groups is 2. The minimum absolute atomic E-state index is 0.00619. The highest BCUT2D eigenvalue weighted by Crippen LogP contribution is 2.37. The molecule has 2 aliphatic heterocycles. The summed E-state index contributed by atoms with van der Waals surface area (Å²) in [4.78, 5) is 35.3. The zero-order chi connectivity index (χ0) is 16.9. The first-order valence-corrected chi connectivity index (χ1v) is 7.44. The third-order valence-corrected chi connectivity index (χ3v) is 4.49. The highest BCUT2D eigenvalue weighted by Gasteiger charge is 2.52. The van der Waals surface area contributed by atoms with Crippen molar-refractivity contribution in [3.05, 3.63) is 28.7 Å². The second kappa shape index (κ2) is 5.01. The van der Waals surface area contributed by atoms with Crippen molar-refractivity contribution >= 4 is 23.4 Å². The van der Waals surface area contributed by atoms with Gasteiger partial charge in [0.2, 0.25) is 5.69 Å². The summed E-state index contributed by atoms with van der Waals surface area (Å²) in [5.74, 6) is -0.205. The van der Waals surface area contributed by atoms with Crippen molar-refractivity contribution < 1.29 is 14.0 Å². The number of hydrogen-bond donors (Lipinski definition) is 0. The van der Waals surface area contributed by atoms with Crippen molar-refractivity contribution in [1.29, 1.82) is 0 Å². The van der Waals surface area contributed by atoms with Crippen molar-refractivity contribution in [2.75, 3.05) is 11.4 Å². The first-order chi connectivity index (χ1) is 10.7. The summed E-state index contributed by atoms with van der Waals surface area (Å²) < 4.78 is 14.2. The van der Waals surface area contributed by atoms with Crippen LogP contribution in [0.1, 0.15) is 31.0 Å². The Bertz CT molecular complexity index is 753. The predicted octanol–water partition coefficient (Wildman–Crippen LogP) is 2.91. The summed E-state index contributed by atoms with van der Waals surface area (Å²) in [6, 6.07) is 0.385. The van der Waals surface area contributed by atoms with E-state index in [1.807, 2.05) is 0 Å². The number of alkyl halides is 1.